The van der Waals surface area contributed by atoms with Crippen molar-refractivity contribution in [1.29, 1.82) is 0 Å². The molecule has 2 saturated heterocycles. The zero-order valence-corrected chi connectivity index (χ0v) is 21.1. The van der Waals surface area contributed by atoms with Crippen LogP contribution in [0, 0.1) is 10.1 Å². The first-order valence-electron chi connectivity index (χ1n) is 11.2. The van der Waals surface area contributed by atoms with Gasteiger partial charge in [0.2, 0.25) is 11.5 Å². The van der Waals surface area contributed by atoms with Crippen molar-refractivity contribution >= 4 is 59.1 Å². The second-order valence-corrected chi connectivity index (χ2v) is 10.9. The van der Waals surface area contributed by atoms with Crippen LogP contribution in [0.5, 0.6) is 0 Å². The van der Waals surface area contributed by atoms with Crippen molar-refractivity contribution in [1.82, 2.24) is 29.8 Å². The van der Waals surface area contributed by atoms with E-state index in [4.69, 9.17) is 19.5 Å². The van der Waals surface area contributed by atoms with E-state index in [-0.39, 0.29) is 45.6 Å². The first kappa shape index (κ1) is 25.6. The van der Waals surface area contributed by atoms with Crippen molar-refractivity contribution in [2.24, 2.45) is 0 Å². The number of nitro groups is 1. The number of anilines is 2. The Hall–Kier alpha value is -3.65. The molecule has 39 heavy (non-hydrogen) atoms. The average molecular weight is 583 g/mol. The predicted molar refractivity (Wildman–Crippen MR) is 131 cm³/mol. The molecule has 3 aromatic heterocycles. The van der Waals surface area contributed by atoms with Gasteiger partial charge in [-0.25, -0.2) is 14.2 Å². The molecule has 206 valence electrons. The number of phosphoric ester groups is 1. The number of fused-ring (bicyclic) bond motifs is 3. The first-order chi connectivity index (χ1) is 18.6. The molecule has 0 bridgehead atoms. The van der Waals surface area contributed by atoms with Gasteiger partial charge in [-0.1, -0.05) is 11.8 Å². The minimum atomic E-state index is -4.37. The molecule has 5 heterocycles. The van der Waals surface area contributed by atoms with Gasteiger partial charge in [0.05, 0.1) is 17.2 Å². The van der Waals surface area contributed by atoms with E-state index in [1.807, 2.05) is 0 Å². The summed E-state index contributed by atoms with van der Waals surface area (Å²) in [5.74, 6) is 0.140. The normalized spacial score (nSPS) is 26.7. The number of hydrogen-bond acceptors (Lipinski definition) is 16. The molecular formula is C18H18N9O10PS. The van der Waals surface area contributed by atoms with Crippen molar-refractivity contribution < 1.29 is 37.9 Å². The van der Waals surface area contributed by atoms with E-state index in [0.29, 0.717) is 18.0 Å². The van der Waals surface area contributed by atoms with E-state index >= 15 is 0 Å². The Morgan fingerprint density at radius 2 is 2.10 bits per heavy atom. The Bertz CT molecular complexity index is 1710. The number of phosphoric acid groups is 1. The lowest BCUT2D eigenvalue weighted by atomic mass is 10.1. The molecule has 19 nitrogen and oxygen atoms in total. The highest BCUT2D eigenvalue weighted by molar-refractivity contribution is 7.99. The van der Waals surface area contributed by atoms with Gasteiger partial charge in [-0.15, -0.1) is 0 Å². The highest BCUT2D eigenvalue weighted by Gasteiger charge is 2.53. The number of aliphatic hydroxyl groups excluding tert-OH is 1. The Balaban J connectivity index is 1.26. The Morgan fingerprint density at radius 3 is 2.90 bits per heavy atom. The van der Waals surface area contributed by atoms with E-state index in [1.165, 1.54) is 16.7 Å². The van der Waals surface area contributed by atoms with Gasteiger partial charge in [0, 0.05) is 18.4 Å². The fourth-order valence-corrected chi connectivity index (χ4v) is 6.17. The standard InChI is InChI=1S/C18H18N9O10PS/c19-17-22-14-11(15(29)23-17)21-18(26(14)16-12(28)13-8(35-16)5-34-38(32,33)36-13)39-4-3-20-6-1-2-7(27(30)31)10-9(6)24-37-25-10/h1-2,8,12-13,16,20,28H,3-5H2,(H,32,33)(H3,19,22,23,29)/t8-,12?,13+,16-/m1/s1. The number of rotatable bonds is 7. The number of ether oxygens (including phenoxy) is 1. The van der Waals surface area contributed by atoms with Crippen molar-refractivity contribution in [3.63, 3.8) is 0 Å². The van der Waals surface area contributed by atoms with Crippen molar-refractivity contribution in [3.05, 3.63) is 32.6 Å². The minimum absolute atomic E-state index is 0.00482. The van der Waals surface area contributed by atoms with Gasteiger partial charge in [0.25, 0.3) is 5.56 Å². The predicted octanol–water partition coefficient (Wildman–Crippen LogP) is 0.124. The smallest absolute Gasteiger partial charge is 0.386 e. The highest BCUT2D eigenvalue weighted by atomic mass is 32.2. The fraction of sp³-hybridized carbons (Fsp3) is 0.389. The van der Waals surface area contributed by atoms with E-state index in [2.05, 4.69) is 35.2 Å². The maximum absolute atomic E-state index is 12.5. The lowest BCUT2D eigenvalue weighted by Crippen LogP contribution is -2.39. The molecule has 1 aromatic carbocycles. The zero-order chi connectivity index (χ0) is 27.5. The van der Waals surface area contributed by atoms with Crippen LogP contribution >= 0.6 is 19.6 Å². The molecular weight excluding hydrogens is 565 g/mol. The van der Waals surface area contributed by atoms with Crippen molar-refractivity contribution in [2.45, 2.75) is 29.7 Å². The second-order valence-electron chi connectivity index (χ2n) is 8.40. The molecule has 0 aliphatic carbocycles. The summed E-state index contributed by atoms with van der Waals surface area (Å²) in [4.78, 5) is 43.7. The average Bonchev–Trinajstić information content (AvgIpc) is 3.58. The number of H-pyrrole nitrogens is 1. The number of hydrogen-bond donors (Lipinski definition) is 5. The van der Waals surface area contributed by atoms with Crippen LogP contribution < -0.4 is 16.6 Å². The molecule has 2 aliphatic rings. The molecule has 0 spiro atoms. The molecule has 2 unspecified atom stereocenters. The number of aliphatic hydroxyl groups is 1. The summed E-state index contributed by atoms with van der Waals surface area (Å²) in [7, 11) is -4.37. The SMILES string of the molecule is Nc1nc2c(nc(SCCNc3ccc([N+](=O)[O-])c4nonc34)n2[C@@H]2O[C@@H]3COP(=O)(O)O[C@@H]3C2O)c(=O)[nH]1. The van der Waals surface area contributed by atoms with Gasteiger partial charge < -0.3 is 25.8 Å². The molecule has 0 amide bonds. The molecule has 2 aliphatic heterocycles. The number of thioether (sulfide) groups is 1. The van der Waals surface area contributed by atoms with Crippen molar-refractivity contribution in [2.75, 3.05) is 30.0 Å². The van der Waals surface area contributed by atoms with Crippen LogP contribution in [0.4, 0.5) is 17.3 Å². The van der Waals surface area contributed by atoms with Crippen LogP contribution in [0.1, 0.15) is 6.23 Å². The number of nitrogens with two attached hydrogens (primary N) is 1. The maximum atomic E-state index is 12.5. The highest BCUT2D eigenvalue weighted by Crippen LogP contribution is 2.53. The van der Waals surface area contributed by atoms with Crippen LogP contribution in [-0.2, 0) is 18.3 Å². The van der Waals surface area contributed by atoms with Crippen molar-refractivity contribution in [3.8, 4) is 0 Å². The topological polar surface area (TPSA) is 269 Å². The third-order valence-corrected chi connectivity index (χ3v) is 7.94. The molecule has 0 saturated carbocycles. The van der Waals surface area contributed by atoms with Gasteiger partial charge in [-0.2, -0.15) is 4.98 Å². The number of imidazole rings is 1. The minimum Gasteiger partial charge on any atom is -0.386 e. The quantitative estimate of drug-likeness (QED) is 0.0635. The first-order valence-corrected chi connectivity index (χ1v) is 13.6. The van der Waals surface area contributed by atoms with E-state index in [1.54, 1.807) is 0 Å². The van der Waals surface area contributed by atoms with Gasteiger partial charge in [0.15, 0.2) is 28.1 Å². The summed E-state index contributed by atoms with van der Waals surface area (Å²) in [6.07, 6.45) is -4.70. The van der Waals surface area contributed by atoms with Crippen LogP contribution in [0.2, 0.25) is 0 Å². The van der Waals surface area contributed by atoms with Crippen LogP contribution in [0.25, 0.3) is 22.2 Å². The van der Waals surface area contributed by atoms with E-state index in [0.717, 1.165) is 11.8 Å². The largest absolute Gasteiger partial charge is 0.472 e. The summed E-state index contributed by atoms with van der Waals surface area (Å²) in [5, 5.41) is 32.8. The molecule has 6 rings (SSSR count). The molecule has 21 heteroatoms. The third-order valence-electron chi connectivity index (χ3n) is 6.00. The van der Waals surface area contributed by atoms with E-state index in [9.17, 15) is 29.5 Å². The maximum Gasteiger partial charge on any atom is 0.472 e. The van der Waals surface area contributed by atoms with Gasteiger partial charge in [-0.05, 0) is 16.4 Å². The third kappa shape index (κ3) is 4.50. The summed E-state index contributed by atoms with van der Waals surface area (Å²) < 4.78 is 33.6. The summed E-state index contributed by atoms with van der Waals surface area (Å²) in [5.41, 5.74) is 5.44. The number of nitrogens with one attached hydrogen (secondary N) is 2. The van der Waals surface area contributed by atoms with Gasteiger partial charge >= 0.3 is 13.5 Å². The molecule has 6 N–H and O–H groups in total. The number of aromatic amines is 1. The van der Waals surface area contributed by atoms with Gasteiger partial charge in [0.1, 0.15) is 18.3 Å². The number of nitro benzene ring substituents is 1. The van der Waals surface area contributed by atoms with Crippen LogP contribution in [0.3, 0.4) is 0 Å². The number of non-ortho nitro benzene ring substituents is 1. The van der Waals surface area contributed by atoms with Crippen LogP contribution in [0.15, 0.2) is 26.7 Å². The number of benzene rings is 1. The Morgan fingerprint density at radius 1 is 1.31 bits per heavy atom. The summed E-state index contributed by atoms with van der Waals surface area (Å²) in [6.45, 7) is -0.00860. The number of aromatic nitrogens is 6. The monoisotopic (exact) mass is 583 g/mol. The number of nitrogen functional groups attached to an aromatic ring is 1. The molecule has 4 aromatic rings. The molecule has 2 fully saturated rings. The van der Waals surface area contributed by atoms with Gasteiger partial charge in [-0.3, -0.25) is 33.5 Å². The summed E-state index contributed by atoms with van der Waals surface area (Å²) >= 11 is 1.16. The summed E-state index contributed by atoms with van der Waals surface area (Å²) in [6, 6.07) is 2.75. The zero-order valence-electron chi connectivity index (χ0n) is 19.4. The second kappa shape index (κ2) is 9.52. The molecule has 0 radical (unpaired) electrons. The lowest BCUT2D eigenvalue weighted by Gasteiger charge is -2.27. The van der Waals surface area contributed by atoms with E-state index < -0.39 is 42.8 Å². The number of nitrogens with zero attached hydrogens (tertiary/aromatic N) is 6. The Labute approximate surface area is 219 Å². The lowest BCUT2D eigenvalue weighted by molar-refractivity contribution is -0.383. The Kier molecular flexibility index (Phi) is 6.25. The van der Waals surface area contributed by atoms with Crippen LogP contribution in [-0.4, -0.2) is 82.0 Å². The fourth-order valence-electron chi connectivity index (χ4n) is 4.33. The molecule has 5 atom stereocenters.